The van der Waals surface area contributed by atoms with Crippen molar-refractivity contribution in [3.63, 3.8) is 0 Å². The first-order valence-electron chi connectivity index (χ1n) is 4.76. The number of hydrogen-bond acceptors (Lipinski definition) is 3. The molecule has 0 bridgehead atoms. The van der Waals surface area contributed by atoms with Gasteiger partial charge in [0.25, 0.3) is 0 Å². The van der Waals surface area contributed by atoms with E-state index in [1.807, 2.05) is 6.07 Å². The van der Waals surface area contributed by atoms with Crippen LogP contribution < -0.4 is 10.1 Å². The highest BCUT2D eigenvalue weighted by atomic mass is 16.5. The first-order chi connectivity index (χ1) is 7.58. The van der Waals surface area contributed by atoms with E-state index in [1.165, 1.54) is 6.92 Å². The topological polar surface area (TPSA) is 75.6 Å². The maximum atomic E-state index is 10.7. The summed E-state index contributed by atoms with van der Waals surface area (Å²) in [4.78, 5) is 21.0. The van der Waals surface area contributed by atoms with Gasteiger partial charge in [0.1, 0.15) is 5.75 Å². The molecule has 0 aromatic heterocycles. The van der Waals surface area contributed by atoms with E-state index >= 15 is 0 Å². The number of benzene rings is 1. The van der Waals surface area contributed by atoms with E-state index in [4.69, 9.17) is 9.84 Å². The van der Waals surface area contributed by atoms with Crippen molar-refractivity contribution < 1.29 is 19.4 Å². The molecule has 16 heavy (non-hydrogen) atoms. The molecule has 0 saturated carbocycles. The Balaban J connectivity index is 2.56. The lowest BCUT2D eigenvalue weighted by Crippen LogP contribution is -2.18. The second kappa shape index (κ2) is 5.75. The van der Waals surface area contributed by atoms with Gasteiger partial charge in [-0.3, -0.25) is 4.79 Å². The molecule has 1 aromatic carbocycles. The molecule has 86 valence electrons. The molecule has 0 aliphatic heterocycles. The highest BCUT2D eigenvalue weighted by Crippen LogP contribution is 2.12. The van der Waals surface area contributed by atoms with Crippen molar-refractivity contribution in [3.8, 4) is 5.75 Å². The molecule has 0 aliphatic carbocycles. The lowest BCUT2D eigenvalue weighted by molar-refractivity contribution is -0.139. The van der Waals surface area contributed by atoms with Crippen LogP contribution in [0.25, 0.3) is 0 Å². The fourth-order valence-electron chi connectivity index (χ4n) is 1.12. The monoisotopic (exact) mass is 223 g/mol. The van der Waals surface area contributed by atoms with Gasteiger partial charge in [0.15, 0.2) is 6.61 Å². The van der Waals surface area contributed by atoms with Gasteiger partial charge in [0, 0.05) is 13.5 Å². The molecule has 0 spiro atoms. The van der Waals surface area contributed by atoms with Crippen LogP contribution in [0.3, 0.4) is 0 Å². The highest BCUT2D eigenvalue weighted by molar-refractivity contribution is 5.72. The van der Waals surface area contributed by atoms with Gasteiger partial charge in [0.05, 0.1) is 0 Å². The first kappa shape index (κ1) is 12.0. The predicted molar refractivity (Wildman–Crippen MR) is 57.1 cm³/mol. The summed E-state index contributed by atoms with van der Waals surface area (Å²) in [6.07, 6.45) is 0. The van der Waals surface area contributed by atoms with Crippen molar-refractivity contribution in [1.29, 1.82) is 0 Å². The SMILES string of the molecule is CC(=O)NCc1cccc(OCC(=O)O)c1. The number of rotatable bonds is 5. The van der Waals surface area contributed by atoms with Crippen LogP contribution >= 0.6 is 0 Å². The summed E-state index contributed by atoms with van der Waals surface area (Å²) in [6.45, 7) is 1.47. The quantitative estimate of drug-likeness (QED) is 0.773. The van der Waals surface area contributed by atoms with Crippen LogP contribution in [0, 0.1) is 0 Å². The van der Waals surface area contributed by atoms with Gasteiger partial charge in [-0.25, -0.2) is 4.79 Å². The maximum Gasteiger partial charge on any atom is 0.341 e. The minimum atomic E-state index is -1.02. The molecule has 0 aliphatic rings. The van der Waals surface area contributed by atoms with Gasteiger partial charge >= 0.3 is 5.97 Å². The molecule has 0 saturated heterocycles. The summed E-state index contributed by atoms with van der Waals surface area (Å²) in [6, 6.07) is 6.93. The number of ether oxygens (including phenoxy) is 1. The lowest BCUT2D eigenvalue weighted by Gasteiger charge is -2.06. The number of aliphatic carboxylic acids is 1. The highest BCUT2D eigenvalue weighted by Gasteiger charge is 2.00. The molecule has 0 unspecified atom stereocenters. The minimum Gasteiger partial charge on any atom is -0.482 e. The Kier molecular flexibility index (Phi) is 4.32. The standard InChI is InChI=1S/C11H13NO4/c1-8(13)12-6-9-3-2-4-10(5-9)16-7-11(14)15/h2-5H,6-7H2,1H3,(H,12,13)(H,14,15). The van der Waals surface area contributed by atoms with Gasteiger partial charge in [0.2, 0.25) is 5.91 Å². The number of nitrogens with one attached hydrogen (secondary N) is 1. The van der Waals surface area contributed by atoms with Crippen LogP contribution in [0.5, 0.6) is 5.75 Å². The van der Waals surface area contributed by atoms with Crippen LogP contribution in [-0.4, -0.2) is 23.6 Å². The number of amides is 1. The second-order valence-electron chi connectivity index (χ2n) is 3.24. The minimum absolute atomic E-state index is 0.114. The molecule has 0 heterocycles. The van der Waals surface area contributed by atoms with Gasteiger partial charge < -0.3 is 15.2 Å². The summed E-state index contributed by atoms with van der Waals surface area (Å²) in [5.41, 5.74) is 0.859. The van der Waals surface area contributed by atoms with Gasteiger partial charge in [-0.1, -0.05) is 12.1 Å². The predicted octanol–water partition coefficient (Wildman–Crippen LogP) is 0.786. The van der Waals surface area contributed by atoms with E-state index in [0.29, 0.717) is 12.3 Å². The second-order valence-corrected chi connectivity index (χ2v) is 3.24. The number of carboxylic acid groups (broad SMARTS) is 1. The average molecular weight is 223 g/mol. The number of carbonyl (C=O) groups excluding carboxylic acids is 1. The fraction of sp³-hybridized carbons (Fsp3) is 0.273. The van der Waals surface area contributed by atoms with Gasteiger partial charge in [-0.2, -0.15) is 0 Å². The zero-order chi connectivity index (χ0) is 12.0. The molecular formula is C11H13NO4. The Morgan fingerprint density at radius 3 is 2.81 bits per heavy atom. The maximum absolute atomic E-state index is 10.7. The lowest BCUT2D eigenvalue weighted by atomic mass is 10.2. The van der Waals surface area contributed by atoms with E-state index < -0.39 is 5.97 Å². The Morgan fingerprint density at radius 1 is 1.44 bits per heavy atom. The third kappa shape index (κ3) is 4.45. The molecule has 1 rings (SSSR count). The molecule has 1 amide bonds. The van der Waals surface area contributed by atoms with E-state index in [1.54, 1.807) is 18.2 Å². The van der Waals surface area contributed by atoms with Crippen LogP contribution in [-0.2, 0) is 16.1 Å². The van der Waals surface area contributed by atoms with Crippen LogP contribution in [0.4, 0.5) is 0 Å². The van der Waals surface area contributed by atoms with E-state index in [2.05, 4.69) is 5.32 Å². The molecule has 0 fully saturated rings. The summed E-state index contributed by atoms with van der Waals surface area (Å²) in [7, 11) is 0. The van der Waals surface area contributed by atoms with Crippen molar-refractivity contribution in [2.45, 2.75) is 13.5 Å². The molecule has 5 nitrogen and oxygen atoms in total. The van der Waals surface area contributed by atoms with Gasteiger partial charge in [-0.15, -0.1) is 0 Å². The average Bonchev–Trinajstić information content (AvgIpc) is 2.24. The Morgan fingerprint density at radius 2 is 2.19 bits per heavy atom. The smallest absolute Gasteiger partial charge is 0.341 e. The summed E-state index contributed by atoms with van der Waals surface area (Å²) in [5.74, 6) is -0.658. The van der Waals surface area contributed by atoms with Crippen molar-refractivity contribution in [2.75, 3.05) is 6.61 Å². The molecule has 2 N–H and O–H groups in total. The largest absolute Gasteiger partial charge is 0.482 e. The molecule has 1 aromatic rings. The summed E-state index contributed by atoms with van der Waals surface area (Å²) < 4.78 is 5.00. The summed E-state index contributed by atoms with van der Waals surface area (Å²) in [5, 5.41) is 11.1. The van der Waals surface area contributed by atoms with Crippen molar-refractivity contribution >= 4 is 11.9 Å². The fourth-order valence-corrected chi connectivity index (χ4v) is 1.12. The van der Waals surface area contributed by atoms with Crippen molar-refractivity contribution in [1.82, 2.24) is 5.32 Å². The molecule has 0 radical (unpaired) electrons. The Bertz CT molecular complexity index is 356. The first-order valence-corrected chi connectivity index (χ1v) is 4.76. The van der Waals surface area contributed by atoms with Crippen molar-refractivity contribution in [3.05, 3.63) is 29.8 Å². The third-order valence-electron chi connectivity index (χ3n) is 1.80. The third-order valence-corrected chi connectivity index (χ3v) is 1.80. The number of carboxylic acids is 1. The number of hydrogen-bond donors (Lipinski definition) is 2. The van der Waals surface area contributed by atoms with Crippen LogP contribution in [0.1, 0.15) is 12.5 Å². The molecular weight excluding hydrogens is 210 g/mol. The zero-order valence-corrected chi connectivity index (χ0v) is 8.90. The normalized spacial score (nSPS) is 9.56. The zero-order valence-electron chi connectivity index (χ0n) is 8.90. The Hall–Kier alpha value is -2.04. The van der Waals surface area contributed by atoms with Crippen LogP contribution in [0.2, 0.25) is 0 Å². The number of carbonyl (C=O) groups is 2. The van der Waals surface area contributed by atoms with E-state index in [-0.39, 0.29) is 12.5 Å². The van der Waals surface area contributed by atoms with E-state index in [0.717, 1.165) is 5.56 Å². The van der Waals surface area contributed by atoms with Crippen molar-refractivity contribution in [2.24, 2.45) is 0 Å². The van der Waals surface area contributed by atoms with E-state index in [9.17, 15) is 9.59 Å². The molecule has 0 atom stereocenters. The summed E-state index contributed by atoms with van der Waals surface area (Å²) >= 11 is 0. The van der Waals surface area contributed by atoms with Crippen LogP contribution in [0.15, 0.2) is 24.3 Å². The molecule has 5 heteroatoms. The Labute approximate surface area is 93.0 Å². The van der Waals surface area contributed by atoms with Gasteiger partial charge in [-0.05, 0) is 17.7 Å².